The van der Waals surface area contributed by atoms with Crippen LogP contribution in [0.25, 0.3) is 0 Å². The average Bonchev–Trinajstić information content (AvgIpc) is 3.07. The minimum Gasteiger partial charge on any atom is -0.493 e. The van der Waals surface area contributed by atoms with Crippen LogP contribution in [0.3, 0.4) is 0 Å². The van der Waals surface area contributed by atoms with Crippen LogP contribution in [0.2, 0.25) is 0 Å². The molecule has 0 aliphatic carbocycles. The number of pyridine rings is 1. The van der Waals surface area contributed by atoms with E-state index < -0.39 is 0 Å². The van der Waals surface area contributed by atoms with Gasteiger partial charge in [0.25, 0.3) is 0 Å². The minimum absolute atomic E-state index is 0.0238. The molecular weight excluding hydrogens is 280 g/mol. The number of piperidine rings is 1. The summed E-state index contributed by atoms with van der Waals surface area (Å²) in [6.07, 6.45) is 7.06. The summed E-state index contributed by atoms with van der Waals surface area (Å²) in [6.45, 7) is 7.72. The molecule has 0 radical (unpaired) electrons. The quantitative estimate of drug-likeness (QED) is 0.806. The fourth-order valence-corrected chi connectivity index (χ4v) is 3.07. The van der Waals surface area contributed by atoms with Crippen LogP contribution in [-0.4, -0.2) is 55.6 Å². The van der Waals surface area contributed by atoms with E-state index in [1.54, 1.807) is 6.20 Å². The standard InChI is InChI=1S/C17H26N2O3/c1-14-12-18-6-2-16(14)22-13-15-3-7-19(8-4-15)9-5-17-20-10-11-21-17/h2,6,12,15,17H,3-5,7-11,13H2,1H3. The van der Waals surface area contributed by atoms with Gasteiger partial charge in [0.2, 0.25) is 0 Å². The van der Waals surface area contributed by atoms with Gasteiger partial charge in [0, 0.05) is 30.9 Å². The van der Waals surface area contributed by atoms with Crippen LogP contribution in [0.5, 0.6) is 5.75 Å². The third kappa shape index (κ3) is 4.41. The molecule has 122 valence electrons. The Morgan fingerprint density at radius 2 is 2.05 bits per heavy atom. The zero-order chi connectivity index (χ0) is 15.2. The second kappa shape index (κ2) is 7.90. The van der Waals surface area contributed by atoms with E-state index in [-0.39, 0.29) is 6.29 Å². The molecule has 3 rings (SSSR count). The molecule has 0 bridgehead atoms. The maximum Gasteiger partial charge on any atom is 0.159 e. The second-order valence-electron chi connectivity index (χ2n) is 6.20. The van der Waals surface area contributed by atoms with Gasteiger partial charge in [-0.05, 0) is 44.8 Å². The Morgan fingerprint density at radius 3 is 2.77 bits per heavy atom. The first-order valence-corrected chi connectivity index (χ1v) is 8.30. The first-order valence-electron chi connectivity index (χ1n) is 8.30. The maximum atomic E-state index is 5.95. The summed E-state index contributed by atoms with van der Waals surface area (Å²) < 4.78 is 16.9. The number of ether oxygens (including phenoxy) is 3. The van der Waals surface area contributed by atoms with E-state index in [9.17, 15) is 0 Å². The third-order valence-electron chi connectivity index (χ3n) is 4.52. The number of hydrogen-bond acceptors (Lipinski definition) is 5. The van der Waals surface area contributed by atoms with Gasteiger partial charge in [-0.25, -0.2) is 0 Å². The Kier molecular flexibility index (Phi) is 5.64. The number of hydrogen-bond donors (Lipinski definition) is 0. The van der Waals surface area contributed by atoms with Crippen LogP contribution in [0, 0.1) is 12.8 Å². The molecule has 3 heterocycles. The molecular formula is C17H26N2O3. The highest BCUT2D eigenvalue weighted by molar-refractivity contribution is 5.28. The fourth-order valence-electron chi connectivity index (χ4n) is 3.07. The largest absolute Gasteiger partial charge is 0.493 e. The van der Waals surface area contributed by atoms with Gasteiger partial charge in [-0.2, -0.15) is 0 Å². The molecule has 2 saturated heterocycles. The van der Waals surface area contributed by atoms with Gasteiger partial charge >= 0.3 is 0 Å². The van der Waals surface area contributed by atoms with Gasteiger partial charge in [0.05, 0.1) is 19.8 Å². The normalized spacial score (nSPS) is 21.3. The van der Waals surface area contributed by atoms with Gasteiger partial charge in [-0.15, -0.1) is 0 Å². The van der Waals surface area contributed by atoms with E-state index in [2.05, 4.69) is 9.88 Å². The van der Waals surface area contributed by atoms with Crippen LogP contribution in [-0.2, 0) is 9.47 Å². The topological polar surface area (TPSA) is 43.8 Å². The molecule has 0 saturated carbocycles. The molecule has 0 aromatic carbocycles. The van der Waals surface area contributed by atoms with Crippen LogP contribution in [0.4, 0.5) is 0 Å². The zero-order valence-corrected chi connectivity index (χ0v) is 13.4. The minimum atomic E-state index is 0.0238. The Hall–Kier alpha value is -1.17. The summed E-state index contributed by atoms with van der Waals surface area (Å²) >= 11 is 0. The van der Waals surface area contributed by atoms with Crippen LogP contribution in [0.15, 0.2) is 18.5 Å². The fraction of sp³-hybridized carbons (Fsp3) is 0.706. The summed E-state index contributed by atoms with van der Waals surface area (Å²) in [6, 6.07) is 1.95. The summed E-state index contributed by atoms with van der Waals surface area (Å²) in [5.74, 6) is 1.62. The van der Waals surface area contributed by atoms with Gasteiger partial charge in [0.15, 0.2) is 6.29 Å². The third-order valence-corrected chi connectivity index (χ3v) is 4.52. The van der Waals surface area contributed by atoms with Crippen molar-refractivity contribution in [1.82, 2.24) is 9.88 Å². The molecule has 5 heteroatoms. The lowest BCUT2D eigenvalue weighted by Gasteiger charge is -2.32. The molecule has 0 unspecified atom stereocenters. The van der Waals surface area contributed by atoms with Gasteiger partial charge in [0.1, 0.15) is 5.75 Å². The zero-order valence-electron chi connectivity index (χ0n) is 13.4. The molecule has 0 spiro atoms. The van der Waals surface area contributed by atoms with Crippen molar-refractivity contribution in [2.75, 3.05) is 39.5 Å². The number of likely N-dealkylation sites (tertiary alicyclic amines) is 1. The van der Waals surface area contributed by atoms with Crippen LogP contribution >= 0.6 is 0 Å². The highest BCUT2D eigenvalue weighted by Crippen LogP contribution is 2.21. The molecule has 0 N–H and O–H groups in total. The van der Waals surface area contributed by atoms with E-state index in [0.29, 0.717) is 5.92 Å². The molecule has 2 aliphatic rings. The van der Waals surface area contributed by atoms with Gasteiger partial charge in [-0.3, -0.25) is 4.98 Å². The van der Waals surface area contributed by atoms with Crippen molar-refractivity contribution >= 4 is 0 Å². The second-order valence-corrected chi connectivity index (χ2v) is 6.20. The predicted molar refractivity (Wildman–Crippen MR) is 83.9 cm³/mol. The summed E-state index contributed by atoms with van der Waals surface area (Å²) in [5, 5.41) is 0. The molecule has 0 atom stereocenters. The molecule has 1 aromatic heterocycles. The van der Waals surface area contributed by atoms with Crippen molar-refractivity contribution in [3.8, 4) is 5.75 Å². The van der Waals surface area contributed by atoms with E-state index in [1.807, 2.05) is 19.2 Å². The lowest BCUT2D eigenvalue weighted by Crippen LogP contribution is -2.37. The number of aryl methyl sites for hydroxylation is 1. The lowest BCUT2D eigenvalue weighted by molar-refractivity contribution is -0.0529. The van der Waals surface area contributed by atoms with Crippen LogP contribution < -0.4 is 4.74 Å². The van der Waals surface area contributed by atoms with Crippen LogP contribution in [0.1, 0.15) is 24.8 Å². The Balaban J connectivity index is 1.34. The molecule has 22 heavy (non-hydrogen) atoms. The van der Waals surface area contributed by atoms with Gasteiger partial charge < -0.3 is 19.1 Å². The maximum absolute atomic E-state index is 5.95. The first-order chi connectivity index (χ1) is 10.8. The summed E-state index contributed by atoms with van der Waals surface area (Å²) in [4.78, 5) is 6.61. The highest BCUT2D eigenvalue weighted by Gasteiger charge is 2.22. The monoisotopic (exact) mass is 306 g/mol. The summed E-state index contributed by atoms with van der Waals surface area (Å²) in [7, 11) is 0. The van der Waals surface area contributed by atoms with Crippen molar-refractivity contribution in [2.24, 2.45) is 5.92 Å². The smallest absolute Gasteiger partial charge is 0.159 e. The number of rotatable bonds is 6. The molecule has 5 nitrogen and oxygen atoms in total. The van der Waals surface area contributed by atoms with E-state index >= 15 is 0 Å². The number of aromatic nitrogens is 1. The lowest BCUT2D eigenvalue weighted by atomic mass is 9.97. The van der Waals surface area contributed by atoms with E-state index in [1.165, 1.54) is 12.8 Å². The molecule has 0 amide bonds. The first kappa shape index (κ1) is 15.7. The number of nitrogens with zero attached hydrogens (tertiary/aromatic N) is 2. The van der Waals surface area contributed by atoms with E-state index in [0.717, 1.165) is 57.2 Å². The Morgan fingerprint density at radius 1 is 1.27 bits per heavy atom. The van der Waals surface area contributed by atoms with Crippen molar-refractivity contribution < 1.29 is 14.2 Å². The van der Waals surface area contributed by atoms with Crippen molar-refractivity contribution in [1.29, 1.82) is 0 Å². The highest BCUT2D eigenvalue weighted by atomic mass is 16.7. The molecule has 1 aromatic rings. The molecule has 2 fully saturated rings. The molecule has 2 aliphatic heterocycles. The van der Waals surface area contributed by atoms with Crippen molar-refractivity contribution in [2.45, 2.75) is 32.5 Å². The Labute approximate surface area is 132 Å². The van der Waals surface area contributed by atoms with Crippen molar-refractivity contribution in [3.05, 3.63) is 24.0 Å². The van der Waals surface area contributed by atoms with E-state index in [4.69, 9.17) is 14.2 Å². The van der Waals surface area contributed by atoms with Gasteiger partial charge in [-0.1, -0.05) is 0 Å². The Bertz CT molecular complexity index is 455. The average molecular weight is 306 g/mol. The SMILES string of the molecule is Cc1cnccc1OCC1CCN(CCC2OCCO2)CC1. The summed E-state index contributed by atoms with van der Waals surface area (Å²) in [5.41, 5.74) is 1.11. The van der Waals surface area contributed by atoms with Crippen molar-refractivity contribution in [3.63, 3.8) is 0 Å². The predicted octanol–water partition coefficient (Wildman–Crippen LogP) is 2.24.